The Morgan fingerprint density at radius 2 is 1.54 bits per heavy atom. The Balaban J connectivity index is 1.20. The molecule has 0 unspecified atom stereocenters. The Bertz CT molecular complexity index is 2390. The van der Waals surface area contributed by atoms with Crippen LogP contribution in [0.3, 0.4) is 0 Å². The summed E-state index contributed by atoms with van der Waals surface area (Å²) in [6, 6.07) is 30.9. The zero-order chi connectivity index (χ0) is 41.5. The minimum atomic E-state index is -2.09. The molecule has 4 aromatic carbocycles. The van der Waals surface area contributed by atoms with E-state index in [0.29, 0.717) is 66.2 Å². The summed E-state index contributed by atoms with van der Waals surface area (Å²) in [5.41, 5.74) is 7.01. The van der Waals surface area contributed by atoms with Gasteiger partial charge in [-0.1, -0.05) is 63.2 Å². The normalized spacial score (nSPS) is 15.9. The van der Waals surface area contributed by atoms with Crippen LogP contribution < -0.4 is 24.1 Å². The van der Waals surface area contributed by atoms with E-state index in [-0.39, 0.29) is 36.2 Å². The van der Waals surface area contributed by atoms with Gasteiger partial charge in [0.1, 0.15) is 5.75 Å². The van der Waals surface area contributed by atoms with Crippen molar-refractivity contribution in [3.8, 4) is 28.5 Å². The number of rotatable bonds is 10. The molecule has 1 aromatic heterocycles. The van der Waals surface area contributed by atoms with Gasteiger partial charge >= 0.3 is 6.09 Å². The predicted molar refractivity (Wildman–Crippen MR) is 231 cm³/mol. The summed E-state index contributed by atoms with van der Waals surface area (Å²) in [6.07, 6.45) is 2.51. The molecule has 0 bridgehead atoms. The first-order valence-electron chi connectivity index (χ1n) is 20.5. The van der Waals surface area contributed by atoms with Gasteiger partial charge in [-0.2, -0.15) is 0 Å². The van der Waals surface area contributed by atoms with Crippen molar-refractivity contribution in [2.24, 2.45) is 0 Å². The maximum Gasteiger partial charge on any atom is 0.404 e. The fraction of sp³-hybridized carbons (Fsp3) is 0.340. The molecule has 59 heavy (non-hydrogen) atoms. The number of hydrogen-bond acceptors (Lipinski definition) is 6. The molecule has 0 fully saturated rings. The summed E-state index contributed by atoms with van der Waals surface area (Å²) in [7, 11) is -2.09. The maximum atomic E-state index is 15.2. The zero-order valence-corrected chi connectivity index (χ0v) is 35.4. The Kier molecular flexibility index (Phi) is 10.8. The van der Waals surface area contributed by atoms with E-state index < -0.39 is 14.4 Å². The molecule has 0 radical (unpaired) electrons. The van der Waals surface area contributed by atoms with Crippen molar-refractivity contribution in [1.29, 1.82) is 0 Å². The minimum absolute atomic E-state index is 0.0345. The molecule has 8 rings (SSSR count). The molecule has 5 aromatic rings. The Morgan fingerprint density at radius 3 is 2.25 bits per heavy atom. The fourth-order valence-electron chi connectivity index (χ4n) is 8.19. The minimum Gasteiger partial charge on any atom is -0.544 e. The number of aromatic nitrogens is 1. The predicted octanol–water partition coefficient (Wildman–Crippen LogP) is 9.81. The highest BCUT2D eigenvalue weighted by Gasteiger charge is 2.39. The summed E-state index contributed by atoms with van der Waals surface area (Å²) in [5.74, 6) is 1.43. The first kappa shape index (κ1) is 39.8. The number of amides is 3. The van der Waals surface area contributed by atoms with Crippen molar-refractivity contribution in [3.63, 3.8) is 0 Å². The number of carboxylic acid groups (broad SMARTS) is 1. The standard InChI is InChI=1S/C47H52N4O7Si/c1-47(2,3)59(4,5)58-36-20-18-34(19-21-36)51(33-15-7-6-8-16-33)45(53)39-26-41(49-24-12-11-17-40(39)49)37-27-42-43(57-30-56-42)28-38(37)44(52)50-29-32-14-10-9-13-31(32)25-35(50)22-23-48-46(54)55/h6-10,13-16,18-21,26-28,35,48H,11-12,17,22-25,29-30H2,1-5H3,(H,54,55)/t35-/m1/s1. The smallest absolute Gasteiger partial charge is 0.404 e. The molecule has 3 amide bonds. The van der Waals surface area contributed by atoms with Gasteiger partial charge in [0.25, 0.3) is 11.8 Å². The van der Waals surface area contributed by atoms with E-state index in [9.17, 15) is 9.90 Å². The summed E-state index contributed by atoms with van der Waals surface area (Å²) < 4.78 is 20.5. The van der Waals surface area contributed by atoms with Crippen LogP contribution in [-0.4, -0.2) is 60.2 Å². The Hall–Kier alpha value is -6.01. The average Bonchev–Trinajstić information content (AvgIpc) is 3.85. The van der Waals surface area contributed by atoms with Crippen molar-refractivity contribution in [1.82, 2.24) is 14.8 Å². The third-order valence-electron chi connectivity index (χ3n) is 12.4. The van der Waals surface area contributed by atoms with E-state index in [1.165, 1.54) is 0 Å². The molecule has 4 heterocycles. The van der Waals surface area contributed by atoms with Crippen LogP contribution in [0.4, 0.5) is 16.2 Å². The van der Waals surface area contributed by atoms with Crippen LogP contribution in [-0.2, 0) is 25.9 Å². The number of benzene rings is 4. The van der Waals surface area contributed by atoms with Crippen LogP contribution >= 0.6 is 0 Å². The largest absolute Gasteiger partial charge is 0.544 e. The molecule has 1 atom stereocenters. The Labute approximate surface area is 346 Å². The summed E-state index contributed by atoms with van der Waals surface area (Å²) in [4.78, 5) is 45.3. The third kappa shape index (κ3) is 7.93. The van der Waals surface area contributed by atoms with Gasteiger partial charge < -0.3 is 33.8 Å². The monoisotopic (exact) mass is 812 g/mol. The molecule has 12 heteroatoms. The second-order valence-corrected chi connectivity index (χ2v) is 21.9. The van der Waals surface area contributed by atoms with Gasteiger partial charge in [-0.3, -0.25) is 14.5 Å². The van der Waals surface area contributed by atoms with Gasteiger partial charge in [0, 0.05) is 54.0 Å². The SMILES string of the molecule is CC(C)(C)[Si](C)(C)Oc1ccc(N(C(=O)c2cc(-c3cc4c(cc3C(=O)N3Cc5ccccc5C[C@H]3CCNC(=O)O)OCO4)n3c2CCCC3)c2ccccc2)cc1. The highest BCUT2D eigenvalue weighted by molar-refractivity contribution is 6.74. The second kappa shape index (κ2) is 16.0. The molecule has 0 aliphatic carbocycles. The second-order valence-electron chi connectivity index (χ2n) is 17.2. The third-order valence-corrected chi connectivity index (χ3v) is 16.7. The van der Waals surface area contributed by atoms with Crippen LogP contribution in [0.2, 0.25) is 18.1 Å². The highest BCUT2D eigenvalue weighted by Crippen LogP contribution is 2.43. The van der Waals surface area contributed by atoms with Crippen LogP contribution in [0.15, 0.2) is 97.1 Å². The molecule has 0 saturated carbocycles. The molecule has 11 nitrogen and oxygen atoms in total. The van der Waals surface area contributed by atoms with E-state index in [4.69, 9.17) is 13.9 Å². The van der Waals surface area contributed by atoms with Crippen molar-refractivity contribution in [2.75, 3.05) is 18.2 Å². The van der Waals surface area contributed by atoms with Gasteiger partial charge in [0.05, 0.1) is 11.1 Å². The van der Waals surface area contributed by atoms with Gasteiger partial charge in [-0.15, -0.1) is 0 Å². The first-order valence-corrected chi connectivity index (χ1v) is 23.4. The van der Waals surface area contributed by atoms with Crippen molar-refractivity contribution < 1.29 is 33.4 Å². The maximum absolute atomic E-state index is 15.2. The van der Waals surface area contributed by atoms with Crippen LogP contribution in [0, 0.1) is 0 Å². The molecular weight excluding hydrogens is 761 g/mol. The number of fused-ring (bicyclic) bond motifs is 3. The number of ether oxygens (including phenoxy) is 2. The number of nitrogens with zero attached hydrogens (tertiary/aromatic N) is 3. The molecule has 0 saturated heterocycles. The average molecular weight is 813 g/mol. The van der Waals surface area contributed by atoms with Gasteiger partial charge in [0.15, 0.2) is 11.5 Å². The van der Waals surface area contributed by atoms with Crippen LogP contribution in [0.1, 0.15) is 77.6 Å². The highest BCUT2D eigenvalue weighted by atomic mass is 28.4. The summed E-state index contributed by atoms with van der Waals surface area (Å²) in [5, 5.41) is 11.8. The lowest BCUT2D eigenvalue weighted by molar-refractivity contribution is 0.0630. The van der Waals surface area contributed by atoms with Crippen molar-refractivity contribution in [3.05, 3.63) is 125 Å². The molecule has 306 valence electrons. The van der Waals surface area contributed by atoms with E-state index in [0.717, 1.165) is 46.8 Å². The lowest BCUT2D eigenvalue weighted by Gasteiger charge is -2.37. The zero-order valence-electron chi connectivity index (χ0n) is 34.4. The van der Waals surface area contributed by atoms with Crippen LogP contribution in [0.25, 0.3) is 11.3 Å². The molecule has 3 aliphatic rings. The van der Waals surface area contributed by atoms with Crippen molar-refractivity contribution >= 4 is 37.6 Å². The Morgan fingerprint density at radius 1 is 0.864 bits per heavy atom. The van der Waals surface area contributed by atoms with Gasteiger partial charge in [-0.25, -0.2) is 4.79 Å². The first-order chi connectivity index (χ1) is 28.3. The van der Waals surface area contributed by atoms with Gasteiger partial charge in [0.2, 0.25) is 15.1 Å². The number of carbonyl (C=O) groups excluding carboxylic acids is 2. The van der Waals surface area contributed by atoms with E-state index in [1.54, 1.807) is 11.0 Å². The molecular formula is C47H52N4O7Si. The van der Waals surface area contributed by atoms with E-state index >= 15 is 9.59 Å². The summed E-state index contributed by atoms with van der Waals surface area (Å²) >= 11 is 0. The number of para-hydroxylation sites is 1. The number of anilines is 2. The number of hydrogen-bond donors (Lipinski definition) is 2. The molecule has 2 N–H and O–H groups in total. The lowest BCUT2D eigenvalue weighted by atomic mass is 9.91. The fourth-order valence-corrected chi connectivity index (χ4v) is 9.22. The number of carbonyl (C=O) groups is 3. The van der Waals surface area contributed by atoms with Crippen molar-refractivity contribution in [2.45, 2.75) is 90.1 Å². The quantitative estimate of drug-likeness (QED) is 0.135. The molecule has 0 spiro atoms. The number of nitrogens with one attached hydrogen (secondary N) is 1. The molecule has 3 aliphatic heterocycles. The van der Waals surface area contributed by atoms with Crippen LogP contribution in [0.5, 0.6) is 17.2 Å². The van der Waals surface area contributed by atoms with E-state index in [2.05, 4.69) is 49.8 Å². The lowest BCUT2D eigenvalue weighted by Crippen LogP contribution is -2.46. The van der Waals surface area contributed by atoms with E-state index in [1.807, 2.05) is 89.8 Å². The van der Waals surface area contributed by atoms with Gasteiger partial charge in [-0.05, 0) is 116 Å². The summed E-state index contributed by atoms with van der Waals surface area (Å²) in [6.45, 7) is 12.4. The topological polar surface area (TPSA) is 123 Å².